The second-order valence-corrected chi connectivity index (χ2v) is 7.16. The molecule has 0 saturated heterocycles. The van der Waals surface area contributed by atoms with Gasteiger partial charge in [-0.15, -0.1) is 10.2 Å². The Kier molecular flexibility index (Phi) is 4.99. The van der Waals surface area contributed by atoms with Gasteiger partial charge in [0.15, 0.2) is 18.1 Å². The van der Waals surface area contributed by atoms with E-state index in [0.717, 1.165) is 11.3 Å². The Morgan fingerprint density at radius 2 is 1.97 bits per heavy atom. The van der Waals surface area contributed by atoms with E-state index in [2.05, 4.69) is 35.7 Å². The van der Waals surface area contributed by atoms with Gasteiger partial charge in [-0.05, 0) is 18.2 Å². The van der Waals surface area contributed by atoms with Crippen LogP contribution in [0.1, 0.15) is 5.82 Å². The molecule has 0 aromatic carbocycles. The van der Waals surface area contributed by atoms with Crippen LogP contribution in [0.5, 0.6) is 5.75 Å². The fourth-order valence-corrected chi connectivity index (χ4v) is 3.22. The summed E-state index contributed by atoms with van der Waals surface area (Å²) in [7, 11) is 1.83. The highest BCUT2D eigenvalue weighted by Crippen LogP contribution is 2.25. The first kappa shape index (κ1) is 20.6. The van der Waals surface area contributed by atoms with Gasteiger partial charge in [0.1, 0.15) is 11.3 Å². The number of hydrogen-bond donors (Lipinski definition) is 1. The van der Waals surface area contributed by atoms with Crippen LogP contribution in [0.25, 0.3) is 27.9 Å². The molecule has 0 unspecified atom stereocenters. The summed E-state index contributed by atoms with van der Waals surface area (Å²) in [5.41, 5.74) is 3.67. The highest BCUT2D eigenvalue weighted by atomic mass is 19.4. The third kappa shape index (κ3) is 4.37. The van der Waals surface area contributed by atoms with Crippen LogP contribution in [0, 0.1) is 0 Å². The molecule has 0 saturated carbocycles. The van der Waals surface area contributed by atoms with Crippen molar-refractivity contribution in [3.63, 3.8) is 0 Å². The van der Waals surface area contributed by atoms with Gasteiger partial charge in [-0.1, -0.05) is 0 Å². The predicted octanol–water partition coefficient (Wildman–Crippen LogP) is 3.02. The van der Waals surface area contributed by atoms with E-state index in [1.165, 1.54) is 18.5 Å². The summed E-state index contributed by atoms with van der Waals surface area (Å²) in [6.45, 7) is -1.12. The van der Waals surface area contributed by atoms with E-state index < -0.39 is 12.8 Å². The number of nitrogens with one attached hydrogen (secondary N) is 1. The maximum Gasteiger partial charge on any atom is 0.422 e. The van der Waals surface area contributed by atoms with Gasteiger partial charge in [0.05, 0.1) is 35.8 Å². The number of rotatable bonds is 6. The quantitative estimate of drug-likeness (QED) is 0.416. The Hall–Kier alpha value is -4.29. The van der Waals surface area contributed by atoms with Gasteiger partial charge in [-0.2, -0.15) is 27.9 Å². The molecule has 0 spiro atoms. The second-order valence-electron chi connectivity index (χ2n) is 7.16. The van der Waals surface area contributed by atoms with Gasteiger partial charge in [0.25, 0.3) is 0 Å². The molecule has 0 atom stereocenters. The first-order valence-corrected chi connectivity index (χ1v) is 9.74. The van der Waals surface area contributed by atoms with Crippen molar-refractivity contribution in [3.05, 3.63) is 54.9 Å². The molecule has 5 rings (SSSR count). The lowest BCUT2D eigenvalue weighted by Crippen LogP contribution is -2.19. The second kappa shape index (κ2) is 8.00. The number of alkyl halides is 3. The molecule has 5 aromatic rings. The molecular formula is C20H16F3N9O. The molecule has 0 aliphatic rings. The summed E-state index contributed by atoms with van der Waals surface area (Å²) in [4.78, 5) is 8.39. The van der Waals surface area contributed by atoms with Gasteiger partial charge in [0.2, 0.25) is 0 Å². The van der Waals surface area contributed by atoms with E-state index in [1.807, 2.05) is 25.4 Å². The molecule has 5 aromatic heterocycles. The molecule has 33 heavy (non-hydrogen) atoms. The lowest BCUT2D eigenvalue weighted by molar-refractivity contribution is -0.153. The topological polar surface area (TPSA) is 108 Å². The molecule has 0 aliphatic heterocycles. The van der Waals surface area contributed by atoms with Crippen molar-refractivity contribution in [2.24, 2.45) is 7.05 Å². The lowest BCUT2D eigenvalue weighted by Gasteiger charge is -2.11. The summed E-state index contributed by atoms with van der Waals surface area (Å²) in [6, 6.07) is 6.78. The Morgan fingerprint density at radius 3 is 2.76 bits per heavy atom. The molecule has 0 bridgehead atoms. The average molecular weight is 455 g/mol. The molecule has 0 amide bonds. The Bertz CT molecular complexity index is 1440. The van der Waals surface area contributed by atoms with Gasteiger partial charge >= 0.3 is 6.18 Å². The summed E-state index contributed by atoms with van der Waals surface area (Å²) in [5.74, 6) is 0.547. The highest BCUT2D eigenvalue weighted by Gasteiger charge is 2.28. The number of anilines is 1. The van der Waals surface area contributed by atoms with Crippen LogP contribution >= 0.6 is 0 Å². The monoisotopic (exact) mass is 455 g/mol. The number of pyridine rings is 2. The minimum absolute atomic E-state index is 0.0138. The molecule has 13 heteroatoms. The van der Waals surface area contributed by atoms with Crippen molar-refractivity contribution in [1.82, 2.24) is 39.6 Å². The first-order valence-electron chi connectivity index (χ1n) is 9.74. The van der Waals surface area contributed by atoms with Crippen molar-refractivity contribution in [2.75, 3.05) is 11.9 Å². The van der Waals surface area contributed by atoms with E-state index in [4.69, 9.17) is 4.74 Å². The first-order chi connectivity index (χ1) is 15.9. The highest BCUT2D eigenvalue weighted by molar-refractivity contribution is 5.87. The standard InChI is InChI=1S/C20H16F3N9O/c1-31-10-12(7-27-31)14-2-3-17-28-29-18(32(17)30-14)9-25-15-4-5-24-16-6-13(8-26-19(15)16)33-11-20(21,22)23/h2-8,10H,9,11H2,1H3,(H,24,25). The fraction of sp³-hybridized carbons (Fsp3) is 0.200. The average Bonchev–Trinajstić information content (AvgIpc) is 3.41. The molecule has 10 nitrogen and oxygen atoms in total. The Labute approximate surface area is 184 Å². The van der Waals surface area contributed by atoms with E-state index >= 15 is 0 Å². The number of fused-ring (bicyclic) bond motifs is 2. The minimum Gasteiger partial charge on any atom is -0.482 e. The zero-order chi connectivity index (χ0) is 23.0. The zero-order valence-electron chi connectivity index (χ0n) is 17.2. The number of halogens is 3. The number of aromatic nitrogens is 8. The predicted molar refractivity (Wildman–Crippen MR) is 111 cm³/mol. The summed E-state index contributed by atoms with van der Waals surface area (Å²) < 4.78 is 45.3. The van der Waals surface area contributed by atoms with E-state index in [-0.39, 0.29) is 12.3 Å². The van der Waals surface area contributed by atoms with Gasteiger partial charge in [0, 0.05) is 31.1 Å². The van der Waals surface area contributed by atoms with Gasteiger partial charge in [-0.25, -0.2) is 4.98 Å². The number of hydrogen-bond acceptors (Lipinski definition) is 8. The van der Waals surface area contributed by atoms with Crippen LogP contribution in [0.2, 0.25) is 0 Å². The molecule has 0 aliphatic carbocycles. The summed E-state index contributed by atoms with van der Waals surface area (Å²) >= 11 is 0. The normalized spacial score (nSPS) is 11.9. The Balaban J connectivity index is 1.38. The van der Waals surface area contributed by atoms with Gasteiger partial charge < -0.3 is 10.1 Å². The molecule has 168 valence electrons. The summed E-state index contributed by atoms with van der Waals surface area (Å²) in [5, 5.41) is 20.3. The SMILES string of the molecule is Cn1cc(-c2ccc3nnc(CNc4ccnc5cc(OCC(F)(F)F)cnc45)n3n2)cn1. The van der Waals surface area contributed by atoms with Crippen LogP contribution < -0.4 is 10.1 Å². The van der Waals surface area contributed by atoms with Crippen molar-refractivity contribution >= 4 is 22.4 Å². The van der Waals surface area contributed by atoms with Crippen molar-refractivity contribution in [3.8, 4) is 17.0 Å². The van der Waals surface area contributed by atoms with Crippen molar-refractivity contribution in [2.45, 2.75) is 12.7 Å². The smallest absolute Gasteiger partial charge is 0.422 e. The van der Waals surface area contributed by atoms with Gasteiger partial charge in [-0.3, -0.25) is 9.67 Å². The van der Waals surface area contributed by atoms with Crippen molar-refractivity contribution < 1.29 is 17.9 Å². The van der Waals surface area contributed by atoms with E-state index in [1.54, 1.807) is 21.5 Å². The third-order valence-corrected chi connectivity index (χ3v) is 4.72. The molecular weight excluding hydrogens is 439 g/mol. The molecule has 5 heterocycles. The number of aryl methyl sites for hydroxylation is 1. The Morgan fingerprint density at radius 1 is 1.09 bits per heavy atom. The van der Waals surface area contributed by atoms with Crippen LogP contribution in [0.4, 0.5) is 18.9 Å². The summed E-state index contributed by atoms with van der Waals surface area (Å²) in [6.07, 6.45) is 1.91. The van der Waals surface area contributed by atoms with Crippen LogP contribution in [0.15, 0.2) is 49.1 Å². The van der Waals surface area contributed by atoms with E-state index in [9.17, 15) is 13.2 Å². The molecule has 0 fully saturated rings. The number of nitrogens with zero attached hydrogens (tertiary/aromatic N) is 8. The number of ether oxygens (including phenoxy) is 1. The zero-order valence-corrected chi connectivity index (χ0v) is 17.2. The lowest BCUT2D eigenvalue weighted by atomic mass is 10.2. The maximum atomic E-state index is 12.4. The molecule has 1 N–H and O–H groups in total. The molecule has 0 radical (unpaired) electrons. The maximum absolute atomic E-state index is 12.4. The van der Waals surface area contributed by atoms with Crippen LogP contribution in [0.3, 0.4) is 0 Å². The van der Waals surface area contributed by atoms with Crippen LogP contribution in [-0.2, 0) is 13.6 Å². The largest absolute Gasteiger partial charge is 0.482 e. The third-order valence-electron chi connectivity index (χ3n) is 4.72. The van der Waals surface area contributed by atoms with Crippen LogP contribution in [-0.4, -0.2) is 52.3 Å². The van der Waals surface area contributed by atoms with E-state index in [0.29, 0.717) is 28.2 Å². The fourth-order valence-electron chi connectivity index (χ4n) is 3.22. The van der Waals surface area contributed by atoms with Crippen molar-refractivity contribution in [1.29, 1.82) is 0 Å². The minimum atomic E-state index is -4.43.